The van der Waals surface area contributed by atoms with Crippen LogP contribution in [-0.2, 0) is 9.05 Å². The predicted octanol–water partition coefficient (Wildman–Crippen LogP) is 9.54. The number of nitriles is 2. The van der Waals surface area contributed by atoms with Crippen LogP contribution in [0.1, 0.15) is 11.1 Å². The number of hydrogen-bond donors (Lipinski definition) is 1. The maximum Gasteiger partial charge on any atom is 0.262 e. The van der Waals surface area contributed by atoms with E-state index < -0.39 is 9.05 Å². The molecule has 0 atom stereocenters. The summed E-state index contributed by atoms with van der Waals surface area (Å²) in [5.41, 5.74) is 7.20. The molecular weight excluding hydrogens is 660 g/mol. The van der Waals surface area contributed by atoms with Crippen LogP contribution in [0.3, 0.4) is 0 Å². The third kappa shape index (κ3) is 9.42. The molecule has 0 radical (unpaired) electrons. The Kier molecular flexibility index (Phi) is 11.1. The number of hydrogen-bond acceptors (Lipinski definition) is 7. The van der Waals surface area contributed by atoms with Gasteiger partial charge in [0.25, 0.3) is 9.05 Å². The van der Waals surface area contributed by atoms with Gasteiger partial charge in [0, 0.05) is 56.0 Å². The molecule has 39 heavy (non-hydrogen) atoms. The molecule has 0 bridgehead atoms. The summed E-state index contributed by atoms with van der Waals surface area (Å²) in [7, 11) is 1.45. The van der Waals surface area contributed by atoms with Crippen molar-refractivity contribution >= 4 is 95.3 Å². The van der Waals surface area contributed by atoms with Gasteiger partial charge in [0.2, 0.25) is 0 Å². The van der Waals surface area contributed by atoms with Gasteiger partial charge in [-0.1, -0.05) is 69.9 Å². The summed E-state index contributed by atoms with van der Waals surface area (Å²) in [6, 6.07) is 23.6. The Morgan fingerprint density at radius 3 is 1.46 bits per heavy atom. The van der Waals surface area contributed by atoms with Crippen molar-refractivity contribution in [2.24, 2.45) is 0 Å². The van der Waals surface area contributed by atoms with Crippen LogP contribution in [0, 0.1) is 22.7 Å². The van der Waals surface area contributed by atoms with Gasteiger partial charge in [-0.05, 0) is 72.8 Å². The third-order valence-electron chi connectivity index (χ3n) is 4.60. The molecule has 5 nitrogen and oxygen atoms in total. The van der Waals surface area contributed by atoms with Crippen molar-refractivity contribution < 1.29 is 8.42 Å². The molecule has 0 heterocycles. The molecule has 0 fully saturated rings. The van der Waals surface area contributed by atoms with E-state index in [0.29, 0.717) is 41.1 Å². The van der Waals surface area contributed by atoms with E-state index in [-0.39, 0.29) is 10.5 Å². The van der Waals surface area contributed by atoms with Gasteiger partial charge in [0.1, 0.15) is 0 Å². The van der Waals surface area contributed by atoms with Gasteiger partial charge in [-0.25, -0.2) is 8.42 Å². The van der Waals surface area contributed by atoms with E-state index in [2.05, 4.69) is 0 Å². The normalized spacial score (nSPS) is 10.6. The largest absolute Gasteiger partial charge is 0.398 e. The lowest BCUT2D eigenvalue weighted by molar-refractivity contribution is 0.607. The van der Waals surface area contributed by atoms with Crippen LogP contribution < -0.4 is 5.73 Å². The standard InChI is InChI=1S/C13H6Cl3NO2S2.C13H8Cl2N2S/c14-9-4-10(15)6-11(5-9)20-12-2-1-8(7-17)3-13(12)21(16,18)19;14-9-4-10(15)6-11(5-9)18-13-2-1-8(7-16)3-12(13)17/h1-6H;1-6H,17H2. The lowest BCUT2D eigenvalue weighted by Gasteiger charge is -2.08. The topological polar surface area (TPSA) is 108 Å². The quantitative estimate of drug-likeness (QED) is 0.166. The van der Waals surface area contributed by atoms with Gasteiger partial charge < -0.3 is 5.73 Å². The average molecular weight is 674 g/mol. The minimum atomic E-state index is -3.97. The number of halogens is 5. The Balaban J connectivity index is 0.000000218. The molecule has 4 rings (SSSR count). The SMILES string of the molecule is N#Cc1ccc(Sc2cc(Cl)cc(Cl)c2)c(N)c1.N#Cc1ccc(Sc2cc(Cl)cc(Cl)c2)c(S(=O)(=O)Cl)c1. The average Bonchev–Trinajstić information content (AvgIpc) is 2.84. The minimum absolute atomic E-state index is 0.121. The molecule has 0 unspecified atom stereocenters. The number of nitrogens with two attached hydrogens (primary N) is 1. The molecule has 13 heteroatoms. The van der Waals surface area contributed by atoms with Crippen LogP contribution in [0.5, 0.6) is 0 Å². The second-order valence-electron chi connectivity index (χ2n) is 7.49. The van der Waals surface area contributed by atoms with Crippen molar-refractivity contribution in [1.82, 2.24) is 0 Å². The summed E-state index contributed by atoms with van der Waals surface area (Å²) < 4.78 is 23.3. The molecule has 0 aliphatic rings. The van der Waals surface area contributed by atoms with Crippen LogP contribution in [0.15, 0.2) is 97.3 Å². The van der Waals surface area contributed by atoms with Gasteiger partial charge in [-0.3, -0.25) is 0 Å². The highest BCUT2D eigenvalue weighted by atomic mass is 35.7. The zero-order chi connectivity index (χ0) is 28.7. The first-order valence-corrected chi connectivity index (χ1v) is 15.9. The van der Waals surface area contributed by atoms with Crippen molar-refractivity contribution in [3.63, 3.8) is 0 Å². The second kappa shape index (κ2) is 13.9. The summed E-state index contributed by atoms with van der Waals surface area (Å²) in [6.45, 7) is 0. The number of rotatable bonds is 5. The molecule has 0 amide bonds. The lowest BCUT2D eigenvalue weighted by Crippen LogP contribution is -1.95. The number of nitrogen functional groups attached to an aromatic ring is 1. The molecule has 0 aliphatic carbocycles. The zero-order valence-electron chi connectivity index (χ0n) is 19.3. The number of nitrogens with zero attached hydrogens (tertiary/aromatic N) is 2. The van der Waals surface area contributed by atoms with E-state index in [1.165, 1.54) is 30.0 Å². The molecule has 2 N–H and O–H groups in total. The molecule has 0 saturated carbocycles. The molecular formula is C26H14Cl5N3O2S3. The first-order chi connectivity index (χ1) is 18.4. The maximum atomic E-state index is 11.6. The van der Waals surface area contributed by atoms with Crippen LogP contribution >= 0.6 is 80.6 Å². The van der Waals surface area contributed by atoms with Crippen LogP contribution in [0.4, 0.5) is 5.69 Å². The highest BCUT2D eigenvalue weighted by molar-refractivity contribution is 8.14. The summed E-state index contributed by atoms with van der Waals surface area (Å²) >= 11 is 26.3. The smallest absolute Gasteiger partial charge is 0.262 e. The first-order valence-electron chi connectivity index (χ1n) is 10.4. The third-order valence-corrected chi connectivity index (χ3v) is 9.08. The van der Waals surface area contributed by atoms with Gasteiger partial charge in [0.15, 0.2) is 0 Å². The van der Waals surface area contributed by atoms with Crippen LogP contribution in [-0.4, -0.2) is 8.42 Å². The van der Waals surface area contributed by atoms with Gasteiger partial charge in [-0.2, -0.15) is 10.5 Å². The van der Waals surface area contributed by atoms with Crippen molar-refractivity contribution in [2.45, 2.75) is 24.5 Å². The van der Waals surface area contributed by atoms with E-state index in [0.717, 1.165) is 21.6 Å². The van der Waals surface area contributed by atoms with Crippen molar-refractivity contribution in [3.05, 3.63) is 104 Å². The second-order valence-corrected chi connectivity index (χ2v) is 14.0. The summed E-state index contributed by atoms with van der Waals surface area (Å²) in [6.07, 6.45) is 0. The van der Waals surface area contributed by atoms with E-state index in [1.54, 1.807) is 36.4 Å². The van der Waals surface area contributed by atoms with E-state index in [1.807, 2.05) is 30.3 Å². The minimum Gasteiger partial charge on any atom is -0.398 e. The number of benzene rings is 4. The Bertz CT molecular complexity index is 1700. The maximum absolute atomic E-state index is 11.6. The van der Waals surface area contributed by atoms with E-state index in [9.17, 15) is 8.42 Å². The molecule has 198 valence electrons. The van der Waals surface area contributed by atoms with Gasteiger partial charge in [0.05, 0.1) is 28.2 Å². The van der Waals surface area contributed by atoms with E-state index >= 15 is 0 Å². The van der Waals surface area contributed by atoms with Crippen molar-refractivity contribution in [2.75, 3.05) is 5.73 Å². The van der Waals surface area contributed by atoms with E-state index in [4.69, 9.17) is 73.3 Å². The van der Waals surface area contributed by atoms with Gasteiger partial charge in [-0.15, -0.1) is 0 Å². The van der Waals surface area contributed by atoms with Crippen LogP contribution in [0.2, 0.25) is 20.1 Å². The van der Waals surface area contributed by atoms with Crippen molar-refractivity contribution in [1.29, 1.82) is 10.5 Å². The van der Waals surface area contributed by atoms with Gasteiger partial charge >= 0.3 is 0 Å². The van der Waals surface area contributed by atoms with Crippen molar-refractivity contribution in [3.8, 4) is 12.1 Å². The fourth-order valence-corrected chi connectivity index (χ4v) is 7.71. The summed E-state index contributed by atoms with van der Waals surface area (Å²) in [5.74, 6) is 0. The molecule has 4 aromatic rings. The Labute approximate surface area is 258 Å². The molecule has 0 spiro atoms. The number of anilines is 1. The molecule has 0 saturated heterocycles. The Morgan fingerprint density at radius 1 is 0.641 bits per heavy atom. The summed E-state index contributed by atoms with van der Waals surface area (Å²) in [4.78, 5) is 2.71. The lowest BCUT2D eigenvalue weighted by atomic mass is 10.2. The van der Waals surface area contributed by atoms with Crippen LogP contribution in [0.25, 0.3) is 0 Å². The highest BCUT2D eigenvalue weighted by Crippen LogP contribution is 2.37. The Hall–Kier alpha value is -2.24. The molecule has 0 aliphatic heterocycles. The molecule has 4 aromatic carbocycles. The fraction of sp³-hybridized carbons (Fsp3) is 0. The predicted molar refractivity (Wildman–Crippen MR) is 161 cm³/mol. The molecule has 0 aromatic heterocycles. The zero-order valence-corrected chi connectivity index (χ0v) is 25.6. The highest BCUT2D eigenvalue weighted by Gasteiger charge is 2.18. The first kappa shape index (κ1) is 31.3. The monoisotopic (exact) mass is 671 g/mol. The fourth-order valence-electron chi connectivity index (χ4n) is 2.99. The Morgan fingerprint density at radius 2 is 1.05 bits per heavy atom. The summed E-state index contributed by atoms with van der Waals surface area (Å²) in [5, 5.41) is 19.7.